The zero-order valence-electron chi connectivity index (χ0n) is 10.4. The summed E-state index contributed by atoms with van der Waals surface area (Å²) in [4.78, 5) is 11.5. The van der Waals surface area contributed by atoms with Gasteiger partial charge in [0.05, 0.1) is 12.0 Å². The van der Waals surface area contributed by atoms with Crippen LogP contribution in [0.4, 0.5) is 0 Å². The summed E-state index contributed by atoms with van der Waals surface area (Å²) < 4.78 is 0. The molecule has 0 spiro atoms. The molecule has 0 saturated carbocycles. The lowest BCUT2D eigenvalue weighted by molar-refractivity contribution is -0.121. The summed E-state index contributed by atoms with van der Waals surface area (Å²) in [7, 11) is 0. The van der Waals surface area contributed by atoms with Gasteiger partial charge in [0, 0.05) is 13.0 Å². The van der Waals surface area contributed by atoms with Crippen molar-refractivity contribution in [3.05, 3.63) is 35.4 Å². The number of nitrogens with zero attached hydrogens (tertiary/aromatic N) is 1. The van der Waals surface area contributed by atoms with Crippen LogP contribution in [0.3, 0.4) is 0 Å². The molecule has 1 N–H and O–H groups in total. The molecule has 0 fully saturated rings. The second-order valence-electron chi connectivity index (χ2n) is 4.32. The maximum absolute atomic E-state index is 11.5. The molecule has 1 atom stereocenters. The lowest BCUT2D eigenvalue weighted by Crippen LogP contribution is -2.27. The van der Waals surface area contributed by atoms with Crippen LogP contribution >= 0.6 is 0 Å². The summed E-state index contributed by atoms with van der Waals surface area (Å²) in [5.41, 5.74) is 2.39. The number of hydrogen-bond donors (Lipinski definition) is 1. The maximum atomic E-state index is 11.5. The Balaban J connectivity index is 2.29. The van der Waals surface area contributed by atoms with Gasteiger partial charge >= 0.3 is 0 Å². The second-order valence-corrected chi connectivity index (χ2v) is 4.32. The molecule has 0 bridgehead atoms. The van der Waals surface area contributed by atoms with Gasteiger partial charge in [0.25, 0.3) is 0 Å². The first-order valence-corrected chi connectivity index (χ1v) is 5.83. The van der Waals surface area contributed by atoms with Crippen LogP contribution < -0.4 is 5.32 Å². The molecule has 17 heavy (non-hydrogen) atoms. The lowest BCUT2D eigenvalue weighted by Gasteiger charge is -2.06. The van der Waals surface area contributed by atoms with Gasteiger partial charge in [-0.15, -0.1) is 0 Å². The van der Waals surface area contributed by atoms with Crippen LogP contribution in [0, 0.1) is 24.2 Å². The first-order valence-electron chi connectivity index (χ1n) is 5.83. The van der Waals surface area contributed by atoms with Gasteiger partial charge in [0.15, 0.2) is 0 Å². The quantitative estimate of drug-likeness (QED) is 0.843. The largest absolute Gasteiger partial charge is 0.355 e. The highest BCUT2D eigenvalue weighted by Gasteiger charge is 2.04. The van der Waals surface area contributed by atoms with E-state index < -0.39 is 0 Å². The Bertz CT molecular complexity index is 403. The maximum Gasteiger partial charge on any atom is 0.220 e. The van der Waals surface area contributed by atoms with Crippen molar-refractivity contribution in [2.24, 2.45) is 5.92 Å². The fourth-order valence-electron chi connectivity index (χ4n) is 1.41. The number of rotatable bonds is 5. The van der Waals surface area contributed by atoms with Gasteiger partial charge in [0.1, 0.15) is 0 Å². The van der Waals surface area contributed by atoms with Gasteiger partial charge in [-0.05, 0) is 25.8 Å². The SMILES string of the molecule is Cc1ccc(CCC(=O)NCC(C)C#N)cc1. The molecule has 0 aromatic heterocycles. The van der Waals surface area contributed by atoms with Crippen molar-refractivity contribution < 1.29 is 4.79 Å². The van der Waals surface area contributed by atoms with Crippen molar-refractivity contribution in [2.75, 3.05) is 6.54 Å². The molecule has 3 heteroatoms. The van der Waals surface area contributed by atoms with E-state index in [0.29, 0.717) is 13.0 Å². The average molecular weight is 230 g/mol. The third kappa shape index (κ3) is 5.17. The molecule has 0 aliphatic rings. The number of nitrogens with one attached hydrogen (secondary N) is 1. The van der Waals surface area contributed by atoms with Crippen LogP contribution in [0.1, 0.15) is 24.5 Å². The molecule has 0 heterocycles. The van der Waals surface area contributed by atoms with Crippen molar-refractivity contribution in [2.45, 2.75) is 26.7 Å². The Morgan fingerprint density at radius 3 is 2.65 bits per heavy atom. The number of hydrogen-bond acceptors (Lipinski definition) is 2. The van der Waals surface area contributed by atoms with E-state index in [-0.39, 0.29) is 11.8 Å². The normalized spacial score (nSPS) is 11.6. The van der Waals surface area contributed by atoms with Gasteiger partial charge in [-0.25, -0.2) is 0 Å². The molecule has 90 valence electrons. The summed E-state index contributed by atoms with van der Waals surface area (Å²) >= 11 is 0. The fraction of sp³-hybridized carbons (Fsp3) is 0.429. The first kappa shape index (κ1) is 13.2. The van der Waals surface area contributed by atoms with Crippen molar-refractivity contribution in [1.82, 2.24) is 5.32 Å². The Morgan fingerprint density at radius 2 is 2.06 bits per heavy atom. The van der Waals surface area contributed by atoms with Crippen molar-refractivity contribution >= 4 is 5.91 Å². The molecule has 1 rings (SSSR count). The van der Waals surface area contributed by atoms with Crippen molar-refractivity contribution in [1.29, 1.82) is 5.26 Å². The fourth-order valence-corrected chi connectivity index (χ4v) is 1.41. The first-order chi connectivity index (χ1) is 8.11. The highest BCUT2D eigenvalue weighted by Crippen LogP contribution is 2.05. The minimum Gasteiger partial charge on any atom is -0.355 e. The van der Waals surface area contributed by atoms with E-state index in [4.69, 9.17) is 5.26 Å². The highest BCUT2D eigenvalue weighted by molar-refractivity contribution is 5.76. The molecule has 1 amide bonds. The minimum atomic E-state index is -0.127. The standard InChI is InChI=1S/C14H18N2O/c1-11-3-5-13(6-4-11)7-8-14(17)16-10-12(2)9-15/h3-6,12H,7-8,10H2,1-2H3,(H,16,17). The summed E-state index contributed by atoms with van der Waals surface area (Å²) in [6, 6.07) is 10.3. The third-order valence-electron chi connectivity index (χ3n) is 2.59. The molecule has 1 aromatic carbocycles. The van der Waals surface area contributed by atoms with Crippen LogP contribution in [-0.4, -0.2) is 12.5 Å². The summed E-state index contributed by atoms with van der Waals surface area (Å²) in [6.45, 7) is 4.27. The van der Waals surface area contributed by atoms with Gasteiger partial charge in [0.2, 0.25) is 5.91 Å². The van der Waals surface area contributed by atoms with Gasteiger partial charge in [-0.1, -0.05) is 29.8 Å². The van der Waals surface area contributed by atoms with Crippen molar-refractivity contribution in [3.63, 3.8) is 0 Å². The van der Waals surface area contributed by atoms with Crippen LogP contribution in [-0.2, 0) is 11.2 Å². The number of nitriles is 1. The summed E-state index contributed by atoms with van der Waals surface area (Å²) in [5.74, 6) is -0.119. The minimum absolute atomic E-state index is 0.00711. The van der Waals surface area contributed by atoms with Gasteiger partial charge < -0.3 is 5.32 Å². The van der Waals surface area contributed by atoms with Crippen LogP contribution in [0.15, 0.2) is 24.3 Å². The van der Waals surface area contributed by atoms with E-state index in [1.165, 1.54) is 11.1 Å². The van der Waals surface area contributed by atoms with E-state index >= 15 is 0 Å². The van der Waals surface area contributed by atoms with Gasteiger partial charge in [-0.3, -0.25) is 4.79 Å². The molecule has 1 aromatic rings. The number of aryl methyl sites for hydroxylation is 2. The number of benzene rings is 1. The molecule has 0 saturated heterocycles. The predicted molar refractivity (Wildman–Crippen MR) is 67.3 cm³/mol. The number of carbonyl (C=O) groups is 1. The zero-order valence-corrected chi connectivity index (χ0v) is 10.4. The van der Waals surface area contributed by atoms with E-state index in [1.54, 1.807) is 6.92 Å². The van der Waals surface area contributed by atoms with E-state index in [1.807, 2.05) is 31.2 Å². The topological polar surface area (TPSA) is 52.9 Å². The van der Waals surface area contributed by atoms with Crippen LogP contribution in [0.2, 0.25) is 0 Å². The molecule has 0 aliphatic heterocycles. The Morgan fingerprint density at radius 1 is 1.41 bits per heavy atom. The van der Waals surface area contributed by atoms with E-state index in [9.17, 15) is 4.79 Å². The van der Waals surface area contributed by atoms with E-state index in [2.05, 4.69) is 11.4 Å². The van der Waals surface area contributed by atoms with Crippen LogP contribution in [0.5, 0.6) is 0 Å². The molecule has 3 nitrogen and oxygen atoms in total. The second kappa shape index (κ2) is 6.70. The van der Waals surface area contributed by atoms with Crippen LogP contribution in [0.25, 0.3) is 0 Å². The molecular formula is C14H18N2O. The highest BCUT2D eigenvalue weighted by atomic mass is 16.1. The van der Waals surface area contributed by atoms with Crippen molar-refractivity contribution in [3.8, 4) is 6.07 Å². The Labute approximate surface area is 102 Å². The Kier molecular flexibility index (Phi) is 5.22. The number of amides is 1. The Hall–Kier alpha value is -1.82. The molecular weight excluding hydrogens is 212 g/mol. The predicted octanol–water partition coefficient (Wildman–Crippen LogP) is 2.20. The molecule has 1 unspecified atom stereocenters. The zero-order chi connectivity index (χ0) is 12.7. The lowest BCUT2D eigenvalue weighted by atomic mass is 10.1. The summed E-state index contributed by atoms with van der Waals surface area (Å²) in [6.07, 6.45) is 1.22. The smallest absolute Gasteiger partial charge is 0.220 e. The number of carbonyl (C=O) groups excluding carboxylic acids is 1. The average Bonchev–Trinajstić information content (AvgIpc) is 2.35. The third-order valence-corrected chi connectivity index (χ3v) is 2.59. The summed E-state index contributed by atoms with van der Waals surface area (Å²) in [5, 5.41) is 11.3. The molecule has 0 aliphatic carbocycles. The molecule has 0 radical (unpaired) electrons. The van der Waals surface area contributed by atoms with E-state index in [0.717, 1.165) is 6.42 Å². The van der Waals surface area contributed by atoms with Gasteiger partial charge in [-0.2, -0.15) is 5.26 Å². The monoisotopic (exact) mass is 230 g/mol.